The molecule has 26 heavy (non-hydrogen) atoms. The van der Waals surface area contributed by atoms with Crippen LogP contribution in [0.3, 0.4) is 0 Å². The van der Waals surface area contributed by atoms with Crippen molar-refractivity contribution in [3.05, 3.63) is 30.1 Å². The van der Waals surface area contributed by atoms with Crippen molar-refractivity contribution in [3.63, 3.8) is 0 Å². The van der Waals surface area contributed by atoms with Crippen LogP contribution in [0.25, 0.3) is 0 Å². The summed E-state index contributed by atoms with van der Waals surface area (Å²) >= 11 is 0. The molecule has 1 heterocycles. The van der Waals surface area contributed by atoms with Crippen LogP contribution in [0.15, 0.2) is 29.3 Å². The Kier molecular flexibility index (Phi) is 8.12. The fourth-order valence-corrected chi connectivity index (χ4v) is 2.88. The van der Waals surface area contributed by atoms with Gasteiger partial charge in [0, 0.05) is 38.8 Å². The molecule has 0 amide bonds. The molecule has 1 aromatic rings. The maximum atomic E-state index is 13.0. The summed E-state index contributed by atoms with van der Waals surface area (Å²) in [4.78, 5) is 9.36. The minimum Gasteiger partial charge on any atom is -0.489 e. The van der Waals surface area contributed by atoms with Crippen molar-refractivity contribution in [3.8, 4) is 5.75 Å². The van der Waals surface area contributed by atoms with E-state index in [9.17, 15) is 4.39 Å². The molecule has 0 saturated carbocycles. The van der Waals surface area contributed by atoms with E-state index in [-0.39, 0.29) is 11.9 Å². The minimum atomic E-state index is -0.264. The van der Waals surface area contributed by atoms with Crippen LogP contribution in [0.1, 0.15) is 13.8 Å². The number of guanidine groups is 1. The van der Waals surface area contributed by atoms with E-state index in [0.717, 1.165) is 38.7 Å². The number of nitrogens with zero attached hydrogens (tertiary/aromatic N) is 3. The molecule has 1 fully saturated rings. The smallest absolute Gasteiger partial charge is 0.191 e. The largest absolute Gasteiger partial charge is 0.489 e. The Labute approximate surface area is 156 Å². The number of rotatable bonds is 7. The molecule has 1 saturated heterocycles. The molecule has 2 rings (SSSR count). The fraction of sp³-hybridized carbons (Fsp3) is 0.632. The number of ether oxygens (including phenoxy) is 1. The first kappa shape index (κ1) is 20.5. The third-order valence-corrected chi connectivity index (χ3v) is 4.49. The van der Waals surface area contributed by atoms with Crippen molar-refractivity contribution in [1.29, 1.82) is 0 Å². The van der Waals surface area contributed by atoms with E-state index < -0.39 is 0 Å². The second-order valence-electron chi connectivity index (χ2n) is 6.88. The molecule has 2 unspecified atom stereocenters. The molecule has 2 atom stereocenters. The molecular formula is C19H32FN5O. The van der Waals surface area contributed by atoms with E-state index in [0.29, 0.717) is 18.3 Å². The first-order valence-corrected chi connectivity index (χ1v) is 9.31. The van der Waals surface area contributed by atoms with Crippen LogP contribution >= 0.6 is 0 Å². The van der Waals surface area contributed by atoms with Crippen molar-refractivity contribution >= 4 is 5.96 Å². The van der Waals surface area contributed by atoms with Crippen LogP contribution in [0.4, 0.5) is 4.39 Å². The number of aliphatic imine (C=N–C) groups is 1. The van der Waals surface area contributed by atoms with Gasteiger partial charge in [-0.1, -0.05) is 0 Å². The van der Waals surface area contributed by atoms with E-state index in [4.69, 9.17) is 4.74 Å². The van der Waals surface area contributed by atoms with Crippen molar-refractivity contribution in [1.82, 2.24) is 20.4 Å². The molecule has 2 N–H and O–H groups in total. The molecule has 0 bridgehead atoms. The summed E-state index contributed by atoms with van der Waals surface area (Å²) in [7, 11) is 4.33. The molecule has 0 aliphatic carbocycles. The van der Waals surface area contributed by atoms with Crippen LogP contribution in [0.2, 0.25) is 0 Å². The highest BCUT2D eigenvalue weighted by Gasteiger charge is 2.22. The Morgan fingerprint density at radius 1 is 1.27 bits per heavy atom. The lowest BCUT2D eigenvalue weighted by molar-refractivity contribution is 0.116. The van der Waals surface area contributed by atoms with Crippen LogP contribution in [0.5, 0.6) is 5.75 Å². The maximum Gasteiger partial charge on any atom is 0.191 e. The highest BCUT2D eigenvalue weighted by atomic mass is 19.1. The van der Waals surface area contributed by atoms with E-state index in [2.05, 4.69) is 46.4 Å². The number of piperazine rings is 1. The lowest BCUT2D eigenvalue weighted by Gasteiger charge is -2.37. The summed E-state index contributed by atoms with van der Waals surface area (Å²) in [6, 6.07) is 6.53. The first-order chi connectivity index (χ1) is 12.5. The summed E-state index contributed by atoms with van der Waals surface area (Å²) in [6.45, 7) is 9.42. The number of nitrogens with one attached hydrogen (secondary N) is 2. The van der Waals surface area contributed by atoms with Gasteiger partial charge in [0.15, 0.2) is 5.96 Å². The molecular weight excluding hydrogens is 333 g/mol. The predicted octanol–water partition coefficient (Wildman–Crippen LogP) is 1.39. The van der Waals surface area contributed by atoms with Crippen molar-refractivity contribution in [2.45, 2.75) is 26.0 Å². The molecule has 6 nitrogen and oxygen atoms in total. The van der Waals surface area contributed by atoms with Gasteiger partial charge in [-0.05, 0) is 52.2 Å². The van der Waals surface area contributed by atoms with Crippen LogP contribution in [0, 0.1) is 5.82 Å². The number of hydrogen-bond donors (Lipinski definition) is 2. The Bertz CT molecular complexity index is 566. The monoisotopic (exact) mass is 365 g/mol. The summed E-state index contributed by atoms with van der Waals surface area (Å²) < 4.78 is 18.7. The third kappa shape index (κ3) is 6.80. The van der Waals surface area contributed by atoms with Crippen molar-refractivity contribution in [2.24, 2.45) is 4.99 Å². The topological polar surface area (TPSA) is 52.1 Å². The van der Waals surface area contributed by atoms with Gasteiger partial charge >= 0.3 is 0 Å². The molecule has 0 aromatic heterocycles. The highest BCUT2D eigenvalue weighted by molar-refractivity contribution is 5.79. The van der Waals surface area contributed by atoms with Crippen LogP contribution in [-0.2, 0) is 0 Å². The molecule has 0 spiro atoms. The SMILES string of the molecule is CCNC(=NCC(C)Oc1ccc(F)cc1)NCC1CN(C)CCN1C. The standard InChI is InChI=1S/C19H32FN5O/c1-5-21-19(23-13-17-14-24(3)10-11-25(17)4)22-12-15(2)26-18-8-6-16(20)7-9-18/h6-9,15,17H,5,10-14H2,1-4H3,(H2,21,22,23). The Hall–Kier alpha value is -1.86. The Morgan fingerprint density at radius 3 is 2.69 bits per heavy atom. The molecule has 146 valence electrons. The van der Waals surface area contributed by atoms with Gasteiger partial charge in [-0.2, -0.15) is 0 Å². The van der Waals surface area contributed by atoms with Crippen molar-refractivity contribution in [2.75, 3.05) is 53.4 Å². The summed E-state index contributed by atoms with van der Waals surface area (Å²) in [6.07, 6.45) is -0.0978. The fourth-order valence-electron chi connectivity index (χ4n) is 2.88. The number of benzene rings is 1. The quantitative estimate of drug-likeness (QED) is 0.565. The van der Waals surface area contributed by atoms with Crippen LogP contribution < -0.4 is 15.4 Å². The predicted molar refractivity (Wildman–Crippen MR) is 104 cm³/mol. The van der Waals surface area contributed by atoms with Crippen molar-refractivity contribution < 1.29 is 9.13 Å². The second-order valence-corrected chi connectivity index (χ2v) is 6.88. The number of likely N-dealkylation sites (N-methyl/N-ethyl adjacent to an activating group) is 2. The minimum absolute atomic E-state index is 0.0978. The molecule has 1 aliphatic rings. The average molecular weight is 365 g/mol. The van der Waals surface area contributed by atoms with Gasteiger partial charge in [0.05, 0.1) is 6.54 Å². The van der Waals surface area contributed by atoms with Gasteiger partial charge in [0.25, 0.3) is 0 Å². The first-order valence-electron chi connectivity index (χ1n) is 9.31. The zero-order valence-corrected chi connectivity index (χ0v) is 16.3. The lowest BCUT2D eigenvalue weighted by atomic mass is 10.2. The van der Waals surface area contributed by atoms with Gasteiger partial charge in [-0.15, -0.1) is 0 Å². The van der Waals surface area contributed by atoms with E-state index >= 15 is 0 Å². The second kappa shape index (κ2) is 10.3. The van der Waals surface area contributed by atoms with Crippen LogP contribution in [-0.4, -0.2) is 81.3 Å². The number of hydrogen-bond acceptors (Lipinski definition) is 4. The Morgan fingerprint density at radius 2 is 2.00 bits per heavy atom. The van der Waals surface area contributed by atoms with Gasteiger partial charge in [-0.25, -0.2) is 9.38 Å². The lowest BCUT2D eigenvalue weighted by Crippen LogP contribution is -2.55. The average Bonchev–Trinajstić information content (AvgIpc) is 2.62. The summed E-state index contributed by atoms with van der Waals surface area (Å²) in [5.74, 6) is 1.18. The summed E-state index contributed by atoms with van der Waals surface area (Å²) in [5, 5.41) is 6.71. The van der Waals surface area contributed by atoms with Gasteiger partial charge in [0.1, 0.15) is 17.7 Å². The highest BCUT2D eigenvalue weighted by Crippen LogP contribution is 2.13. The normalized spacial score (nSPS) is 20.7. The maximum absolute atomic E-state index is 13.0. The zero-order valence-electron chi connectivity index (χ0n) is 16.3. The molecule has 1 aromatic carbocycles. The summed E-state index contributed by atoms with van der Waals surface area (Å²) in [5.41, 5.74) is 0. The Balaban J connectivity index is 1.83. The van der Waals surface area contributed by atoms with Gasteiger partial charge < -0.3 is 20.3 Å². The van der Waals surface area contributed by atoms with Gasteiger partial charge in [0.2, 0.25) is 0 Å². The molecule has 7 heteroatoms. The van der Waals surface area contributed by atoms with Gasteiger partial charge in [-0.3, -0.25) is 4.90 Å². The van der Waals surface area contributed by atoms with E-state index in [1.807, 2.05) is 6.92 Å². The zero-order chi connectivity index (χ0) is 18.9. The van der Waals surface area contributed by atoms with E-state index in [1.165, 1.54) is 12.1 Å². The third-order valence-electron chi connectivity index (χ3n) is 4.49. The number of halogens is 1. The van der Waals surface area contributed by atoms with E-state index in [1.54, 1.807) is 12.1 Å². The molecule has 1 aliphatic heterocycles. The molecule has 0 radical (unpaired) electrons.